The van der Waals surface area contributed by atoms with Crippen LogP contribution in [-0.4, -0.2) is 23.9 Å². The summed E-state index contributed by atoms with van der Waals surface area (Å²) < 4.78 is 5.07. The molecule has 1 heterocycles. The van der Waals surface area contributed by atoms with E-state index in [-0.39, 0.29) is 17.7 Å². The van der Waals surface area contributed by atoms with Crippen LogP contribution in [0.1, 0.15) is 24.3 Å². The van der Waals surface area contributed by atoms with Gasteiger partial charge in [0.1, 0.15) is 11.4 Å². The van der Waals surface area contributed by atoms with Gasteiger partial charge in [0.15, 0.2) is 5.78 Å². The fourth-order valence-electron chi connectivity index (χ4n) is 1.19. The Bertz CT molecular complexity index is 350. The lowest BCUT2D eigenvalue weighted by molar-refractivity contribution is 0.0908. The highest BCUT2D eigenvalue weighted by molar-refractivity contribution is 5.98. The standard InChI is InChI=1S/C11H16N2O2/c1-7(8(2)12)11(14)10-9(15-3)5-4-6-13-10/h4-8H,12H2,1-3H3. The Kier molecular flexibility index (Phi) is 3.80. The van der Waals surface area contributed by atoms with Crippen LogP contribution in [0.2, 0.25) is 0 Å². The number of pyridine rings is 1. The third-order valence-corrected chi connectivity index (χ3v) is 2.43. The molecular formula is C11H16N2O2. The normalized spacial score (nSPS) is 14.4. The molecular weight excluding hydrogens is 192 g/mol. The van der Waals surface area contributed by atoms with Crippen molar-refractivity contribution in [3.05, 3.63) is 24.0 Å². The number of rotatable bonds is 4. The Balaban J connectivity index is 3.00. The Morgan fingerprint density at radius 2 is 2.20 bits per heavy atom. The van der Waals surface area contributed by atoms with Crippen LogP contribution in [0, 0.1) is 5.92 Å². The summed E-state index contributed by atoms with van der Waals surface area (Å²) in [6.07, 6.45) is 1.57. The van der Waals surface area contributed by atoms with Crippen molar-refractivity contribution >= 4 is 5.78 Å². The Labute approximate surface area is 89.5 Å². The maximum atomic E-state index is 11.9. The molecule has 0 fully saturated rings. The molecule has 82 valence electrons. The molecule has 0 spiro atoms. The molecule has 1 aromatic rings. The zero-order valence-electron chi connectivity index (χ0n) is 9.23. The molecule has 0 bridgehead atoms. The summed E-state index contributed by atoms with van der Waals surface area (Å²) in [5, 5.41) is 0. The van der Waals surface area contributed by atoms with Gasteiger partial charge >= 0.3 is 0 Å². The van der Waals surface area contributed by atoms with E-state index >= 15 is 0 Å². The molecule has 4 heteroatoms. The second kappa shape index (κ2) is 4.89. The van der Waals surface area contributed by atoms with E-state index in [4.69, 9.17) is 10.5 Å². The first-order valence-electron chi connectivity index (χ1n) is 4.86. The van der Waals surface area contributed by atoms with Crippen molar-refractivity contribution in [3.8, 4) is 5.75 Å². The average Bonchev–Trinajstić information content (AvgIpc) is 2.26. The van der Waals surface area contributed by atoms with Crippen molar-refractivity contribution in [2.75, 3.05) is 7.11 Å². The lowest BCUT2D eigenvalue weighted by atomic mass is 9.96. The molecule has 1 rings (SSSR count). The lowest BCUT2D eigenvalue weighted by Gasteiger charge is -2.14. The predicted molar refractivity (Wildman–Crippen MR) is 57.9 cm³/mol. The fraction of sp³-hybridized carbons (Fsp3) is 0.455. The van der Waals surface area contributed by atoms with Gasteiger partial charge in [0.2, 0.25) is 0 Å². The van der Waals surface area contributed by atoms with E-state index in [1.54, 1.807) is 32.2 Å². The van der Waals surface area contributed by atoms with Crippen molar-refractivity contribution in [1.29, 1.82) is 0 Å². The topological polar surface area (TPSA) is 65.2 Å². The number of ketones is 1. The van der Waals surface area contributed by atoms with Crippen LogP contribution in [0.3, 0.4) is 0 Å². The number of hydrogen-bond acceptors (Lipinski definition) is 4. The van der Waals surface area contributed by atoms with E-state index in [9.17, 15) is 4.79 Å². The van der Waals surface area contributed by atoms with Crippen molar-refractivity contribution in [2.24, 2.45) is 11.7 Å². The minimum Gasteiger partial charge on any atom is -0.494 e. The van der Waals surface area contributed by atoms with Gasteiger partial charge in [0.05, 0.1) is 7.11 Å². The largest absolute Gasteiger partial charge is 0.494 e. The molecule has 2 unspecified atom stereocenters. The van der Waals surface area contributed by atoms with Crippen LogP contribution < -0.4 is 10.5 Å². The van der Waals surface area contributed by atoms with Gasteiger partial charge in [-0.05, 0) is 19.1 Å². The zero-order valence-corrected chi connectivity index (χ0v) is 9.23. The number of nitrogens with two attached hydrogens (primary N) is 1. The van der Waals surface area contributed by atoms with E-state index in [0.29, 0.717) is 11.4 Å². The van der Waals surface area contributed by atoms with Gasteiger partial charge < -0.3 is 10.5 Å². The number of aromatic nitrogens is 1. The van der Waals surface area contributed by atoms with Crippen LogP contribution in [0.25, 0.3) is 0 Å². The first-order chi connectivity index (χ1) is 7.07. The summed E-state index contributed by atoms with van der Waals surface area (Å²) in [6, 6.07) is 3.25. The summed E-state index contributed by atoms with van der Waals surface area (Å²) in [5.41, 5.74) is 6.03. The summed E-state index contributed by atoms with van der Waals surface area (Å²) in [6.45, 7) is 3.60. The first kappa shape index (κ1) is 11.7. The highest BCUT2D eigenvalue weighted by Crippen LogP contribution is 2.19. The maximum Gasteiger partial charge on any atom is 0.189 e. The maximum absolute atomic E-state index is 11.9. The van der Waals surface area contributed by atoms with Gasteiger partial charge in [0.25, 0.3) is 0 Å². The van der Waals surface area contributed by atoms with Crippen molar-refractivity contribution in [1.82, 2.24) is 4.98 Å². The highest BCUT2D eigenvalue weighted by Gasteiger charge is 2.22. The van der Waals surface area contributed by atoms with Gasteiger partial charge in [-0.2, -0.15) is 0 Å². The number of carbonyl (C=O) groups is 1. The van der Waals surface area contributed by atoms with E-state index in [1.807, 2.05) is 0 Å². The SMILES string of the molecule is COc1cccnc1C(=O)C(C)C(C)N. The molecule has 0 radical (unpaired) electrons. The monoisotopic (exact) mass is 208 g/mol. The van der Waals surface area contributed by atoms with Gasteiger partial charge in [-0.3, -0.25) is 4.79 Å². The number of Topliss-reactive ketones (excluding diaryl/α,β-unsaturated/α-hetero) is 1. The molecule has 15 heavy (non-hydrogen) atoms. The lowest BCUT2D eigenvalue weighted by Crippen LogP contribution is -2.31. The third-order valence-electron chi connectivity index (χ3n) is 2.43. The van der Waals surface area contributed by atoms with Gasteiger partial charge in [-0.25, -0.2) is 4.98 Å². The summed E-state index contributed by atoms with van der Waals surface area (Å²) in [7, 11) is 1.52. The molecule has 0 saturated carbocycles. The van der Waals surface area contributed by atoms with Crippen molar-refractivity contribution in [3.63, 3.8) is 0 Å². The summed E-state index contributed by atoms with van der Waals surface area (Å²) >= 11 is 0. The minimum absolute atomic E-state index is 0.0811. The Morgan fingerprint density at radius 3 is 2.73 bits per heavy atom. The van der Waals surface area contributed by atoms with Crippen LogP contribution in [0.5, 0.6) is 5.75 Å². The molecule has 2 atom stereocenters. The number of nitrogens with zero attached hydrogens (tertiary/aromatic N) is 1. The van der Waals surface area contributed by atoms with E-state index < -0.39 is 0 Å². The number of hydrogen-bond donors (Lipinski definition) is 1. The molecule has 4 nitrogen and oxygen atoms in total. The second-order valence-corrected chi connectivity index (χ2v) is 3.57. The van der Waals surface area contributed by atoms with Crippen LogP contribution in [-0.2, 0) is 0 Å². The highest BCUT2D eigenvalue weighted by atomic mass is 16.5. The van der Waals surface area contributed by atoms with E-state index in [0.717, 1.165) is 0 Å². The van der Waals surface area contributed by atoms with E-state index in [2.05, 4.69) is 4.98 Å². The second-order valence-electron chi connectivity index (χ2n) is 3.57. The summed E-state index contributed by atoms with van der Waals surface area (Å²) in [4.78, 5) is 16.0. The average molecular weight is 208 g/mol. The quantitative estimate of drug-likeness (QED) is 0.756. The molecule has 2 N–H and O–H groups in total. The fourth-order valence-corrected chi connectivity index (χ4v) is 1.19. The molecule has 0 aliphatic carbocycles. The zero-order chi connectivity index (χ0) is 11.4. The van der Waals surface area contributed by atoms with Crippen LogP contribution >= 0.6 is 0 Å². The van der Waals surface area contributed by atoms with Gasteiger partial charge in [-0.1, -0.05) is 6.92 Å². The van der Waals surface area contributed by atoms with Gasteiger partial charge in [0, 0.05) is 18.2 Å². The number of ether oxygens (including phenoxy) is 1. The van der Waals surface area contributed by atoms with Crippen LogP contribution in [0.15, 0.2) is 18.3 Å². The molecule has 0 aromatic carbocycles. The summed E-state index contributed by atoms with van der Waals surface area (Å²) in [5.74, 6) is 0.159. The van der Waals surface area contributed by atoms with E-state index in [1.165, 1.54) is 7.11 Å². The molecule has 1 aromatic heterocycles. The van der Waals surface area contributed by atoms with Crippen LogP contribution in [0.4, 0.5) is 0 Å². The minimum atomic E-state index is -0.256. The first-order valence-corrected chi connectivity index (χ1v) is 4.86. The van der Waals surface area contributed by atoms with Gasteiger partial charge in [-0.15, -0.1) is 0 Å². The number of carbonyl (C=O) groups excluding carboxylic acids is 1. The molecule has 0 amide bonds. The predicted octanol–water partition coefficient (Wildman–Crippen LogP) is 1.26. The Hall–Kier alpha value is -1.42. The Morgan fingerprint density at radius 1 is 1.53 bits per heavy atom. The molecule has 0 saturated heterocycles. The smallest absolute Gasteiger partial charge is 0.189 e. The third kappa shape index (κ3) is 2.53. The van der Waals surface area contributed by atoms with Crippen molar-refractivity contribution in [2.45, 2.75) is 19.9 Å². The van der Waals surface area contributed by atoms with Crippen molar-refractivity contribution < 1.29 is 9.53 Å². The number of methoxy groups -OCH3 is 1. The molecule has 0 aliphatic heterocycles. The molecule has 0 aliphatic rings.